The molecule has 1 saturated heterocycles. The molecule has 1 aliphatic rings. The molecule has 0 radical (unpaired) electrons. The van der Waals surface area contributed by atoms with Crippen molar-refractivity contribution >= 4 is 34.1 Å². The third-order valence-corrected chi connectivity index (χ3v) is 5.92. The van der Waals surface area contributed by atoms with Crippen LogP contribution in [0.5, 0.6) is 11.5 Å². The normalized spacial score (nSPS) is 20.9. The van der Waals surface area contributed by atoms with Crippen molar-refractivity contribution in [3.8, 4) is 11.5 Å². The number of thiazole rings is 1. The smallest absolute Gasteiger partial charge is 0.242 e. The van der Waals surface area contributed by atoms with E-state index in [-0.39, 0.29) is 16.5 Å². The molecule has 0 unspecified atom stereocenters. The number of aromatic nitrogens is 1. The third kappa shape index (κ3) is 2.90. The van der Waals surface area contributed by atoms with E-state index < -0.39 is 0 Å². The van der Waals surface area contributed by atoms with Crippen molar-refractivity contribution in [3.05, 3.63) is 34.8 Å². The van der Waals surface area contributed by atoms with Crippen molar-refractivity contribution in [2.75, 3.05) is 19.1 Å². The Morgan fingerprint density at radius 1 is 1.22 bits per heavy atom. The van der Waals surface area contributed by atoms with E-state index in [2.05, 4.69) is 4.98 Å². The predicted octanol–water partition coefficient (Wildman–Crippen LogP) is 3.64. The Kier molecular flexibility index (Phi) is 4.50. The molecule has 1 aromatic carbocycles. The molecule has 0 bridgehead atoms. The van der Waals surface area contributed by atoms with Gasteiger partial charge < -0.3 is 9.47 Å². The van der Waals surface area contributed by atoms with E-state index >= 15 is 0 Å². The zero-order valence-electron chi connectivity index (χ0n) is 13.4. The predicted molar refractivity (Wildman–Crippen MR) is 93.7 cm³/mol. The molecular formula is C16H18N2O3S2. The molecule has 0 N–H and O–H groups in total. The Balaban J connectivity index is 2.01. The maximum absolute atomic E-state index is 12.6. The Morgan fingerprint density at radius 2 is 1.96 bits per heavy atom. The summed E-state index contributed by atoms with van der Waals surface area (Å²) in [4.78, 5) is 19.9. The zero-order valence-corrected chi connectivity index (χ0v) is 15.0. The molecule has 0 aliphatic carbocycles. The van der Waals surface area contributed by atoms with Crippen LogP contribution in [0.4, 0.5) is 5.13 Å². The van der Waals surface area contributed by atoms with Gasteiger partial charge in [-0.3, -0.25) is 9.69 Å². The number of hydrogen-bond acceptors (Lipinski definition) is 6. The molecule has 5 nitrogen and oxygen atoms in total. The molecule has 1 aliphatic heterocycles. The average Bonchev–Trinajstić information content (AvgIpc) is 3.10. The van der Waals surface area contributed by atoms with E-state index in [1.807, 2.05) is 32.0 Å². The van der Waals surface area contributed by atoms with E-state index in [1.54, 1.807) is 37.1 Å². The van der Waals surface area contributed by atoms with Gasteiger partial charge in [-0.1, -0.05) is 6.07 Å². The number of nitrogens with zero attached hydrogens (tertiary/aromatic N) is 2. The Hall–Kier alpha value is -1.73. The van der Waals surface area contributed by atoms with E-state index in [0.717, 1.165) is 15.6 Å². The molecule has 0 spiro atoms. The fraction of sp³-hybridized carbons (Fsp3) is 0.375. The van der Waals surface area contributed by atoms with Crippen molar-refractivity contribution < 1.29 is 14.3 Å². The van der Waals surface area contributed by atoms with Gasteiger partial charge in [-0.2, -0.15) is 0 Å². The maximum Gasteiger partial charge on any atom is 0.242 e. The monoisotopic (exact) mass is 350 g/mol. The number of carbonyl (C=O) groups excluding carboxylic acids is 1. The number of rotatable bonds is 4. The van der Waals surface area contributed by atoms with E-state index in [0.29, 0.717) is 11.5 Å². The summed E-state index contributed by atoms with van der Waals surface area (Å²) in [6.45, 7) is 3.92. The second kappa shape index (κ2) is 6.41. The highest BCUT2D eigenvalue weighted by molar-refractivity contribution is 8.01. The fourth-order valence-electron chi connectivity index (χ4n) is 2.51. The van der Waals surface area contributed by atoms with E-state index in [4.69, 9.17) is 9.47 Å². The summed E-state index contributed by atoms with van der Waals surface area (Å²) in [6.07, 6.45) is 1.80. The van der Waals surface area contributed by atoms with Crippen LogP contribution in [0.2, 0.25) is 0 Å². The van der Waals surface area contributed by atoms with Gasteiger partial charge in [0, 0.05) is 11.1 Å². The van der Waals surface area contributed by atoms with Gasteiger partial charge >= 0.3 is 0 Å². The number of ether oxygens (including phenoxy) is 2. The summed E-state index contributed by atoms with van der Waals surface area (Å²) in [7, 11) is 3.22. The van der Waals surface area contributed by atoms with Crippen molar-refractivity contribution in [3.63, 3.8) is 0 Å². The molecular weight excluding hydrogens is 332 g/mol. The lowest BCUT2D eigenvalue weighted by Crippen LogP contribution is -2.29. The summed E-state index contributed by atoms with van der Waals surface area (Å²) >= 11 is 3.15. The number of methoxy groups -OCH3 is 2. The first-order valence-corrected chi connectivity index (χ1v) is 8.94. The number of hydrogen-bond donors (Lipinski definition) is 0. The van der Waals surface area contributed by atoms with Crippen molar-refractivity contribution in [1.29, 1.82) is 0 Å². The summed E-state index contributed by atoms with van der Waals surface area (Å²) < 4.78 is 10.7. The van der Waals surface area contributed by atoms with Gasteiger partial charge in [-0.25, -0.2) is 4.98 Å². The Morgan fingerprint density at radius 3 is 2.57 bits per heavy atom. The number of amides is 1. The number of aryl methyl sites for hydroxylation is 1. The lowest BCUT2D eigenvalue weighted by molar-refractivity contribution is -0.117. The Bertz CT molecular complexity index is 732. The first kappa shape index (κ1) is 16.1. The highest BCUT2D eigenvalue weighted by Crippen LogP contribution is 2.47. The van der Waals surface area contributed by atoms with Gasteiger partial charge in [-0.15, -0.1) is 23.1 Å². The molecule has 1 aromatic heterocycles. The van der Waals surface area contributed by atoms with Gasteiger partial charge in [0.2, 0.25) is 5.91 Å². The largest absolute Gasteiger partial charge is 0.493 e. The summed E-state index contributed by atoms with van der Waals surface area (Å²) in [5.41, 5.74) is 0.998. The molecule has 122 valence electrons. The molecule has 1 fully saturated rings. The minimum atomic E-state index is -0.108. The fourth-order valence-corrected chi connectivity index (χ4v) is 4.61. The minimum absolute atomic E-state index is 0.0872. The van der Waals surface area contributed by atoms with Gasteiger partial charge in [0.25, 0.3) is 0 Å². The lowest BCUT2D eigenvalue weighted by atomic mass is 10.2. The second-order valence-electron chi connectivity index (χ2n) is 5.21. The molecule has 23 heavy (non-hydrogen) atoms. The molecule has 2 aromatic rings. The van der Waals surface area contributed by atoms with Crippen LogP contribution in [-0.4, -0.2) is 30.4 Å². The molecule has 2 heterocycles. The van der Waals surface area contributed by atoms with Crippen molar-refractivity contribution in [2.24, 2.45) is 0 Å². The Labute approximate surface area is 143 Å². The molecule has 2 atom stereocenters. The van der Waals surface area contributed by atoms with E-state index in [1.165, 1.54) is 11.3 Å². The second-order valence-corrected chi connectivity index (χ2v) is 7.85. The van der Waals surface area contributed by atoms with Crippen LogP contribution in [0.25, 0.3) is 0 Å². The molecule has 3 rings (SSSR count). The van der Waals surface area contributed by atoms with Gasteiger partial charge in [0.05, 0.1) is 19.5 Å². The zero-order chi connectivity index (χ0) is 16.6. The first-order valence-electron chi connectivity index (χ1n) is 7.18. The van der Waals surface area contributed by atoms with Gasteiger partial charge in [0.1, 0.15) is 5.37 Å². The van der Waals surface area contributed by atoms with E-state index in [9.17, 15) is 4.79 Å². The van der Waals surface area contributed by atoms with Crippen LogP contribution in [0.1, 0.15) is 22.7 Å². The first-order chi connectivity index (χ1) is 11.0. The standard InChI is InChI=1S/C16H18N2O3S2/c1-9-8-17-16(22-9)18-14(19)10(2)23-15(18)11-5-6-12(20-3)13(7-11)21-4/h5-8,10,15H,1-4H3/t10-,15-/m1/s1. The topological polar surface area (TPSA) is 51.7 Å². The highest BCUT2D eigenvalue weighted by Gasteiger charge is 2.41. The van der Waals surface area contributed by atoms with Crippen molar-refractivity contribution in [2.45, 2.75) is 24.5 Å². The van der Waals surface area contributed by atoms with Crippen LogP contribution in [0.15, 0.2) is 24.4 Å². The number of benzene rings is 1. The third-order valence-electron chi connectivity index (χ3n) is 3.66. The molecule has 0 saturated carbocycles. The molecule has 7 heteroatoms. The average molecular weight is 350 g/mol. The number of carbonyl (C=O) groups is 1. The van der Waals surface area contributed by atoms with Crippen LogP contribution < -0.4 is 14.4 Å². The lowest BCUT2D eigenvalue weighted by Gasteiger charge is -2.22. The van der Waals surface area contributed by atoms with Crippen LogP contribution in [-0.2, 0) is 4.79 Å². The molecule has 1 amide bonds. The number of anilines is 1. The summed E-state index contributed by atoms with van der Waals surface area (Å²) in [5, 5.41) is 0.532. The summed E-state index contributed by atoms with van der Waals surface area (Å²) in [6, 6.07) is 5.76. The van der Waals surface area contributed by atoms with Crippen LogP contribution in [0.3, 0.4) is 0 Å². The highest BCUT2D eigenvalue weighted by atomic mass is 32.2. The summed E-state index contributed by atoms with van der Waals surface area (Å²) in [5.74, 6) is 1.42. The quantitative estimate of drug-likeness (QED) is 0.843. The van der Waals surface area contributed by atoms with Gasteiger partial charge in [-0.05, 0) is 31.5 Å². The van der Waals surface area contributed by atoms with Crippen LogP contribution in [0, 0.1) is 6.92 Å². The minimum Gasteiger partial charge on any atom is -0.493 e. The SMILES string of the molecule is COc1ccc([C@H]2S[C@H](C)C(=O)N2c2ncc(C)s2)cc1OC. The van der Waals surface area contributed by atoms with Crippen LogP contribution >= 0.6 is 23.1 Å². The van der Waals surface area contributed by atoms with Gasteiger partial charge in [0.15, 0.2) is 16.6 Å². The maximum atomic E-state index is 12.6. The van der Waals surface area contributed by atoms with Crippen molar-refractivity contribution in [1.82, 2.24) is 4.98 Å². The number of thioether (sulfide) groups is 1.